The summed E-state index contributed by atoms with van der Waals surface area (Å²) in [6, 6.07) is 17.4. The Morgan fingerprint density at radius 2 is 1.92 bits per heavy atom. The van der Waals surface area contributed by atoms with Gasteiger partial charge in [0, 0.05) is 53.0 Å². The predicted molar refractivity (Wildman–Crippen MR) is 157 cm³/mol. The molecule has 2 aromatic carbocycles. The van der Waals surface area contributed by atoms with Crippen molar-refractivity contribution in [2.24, 2.45) is 0 Å². The maximum absolute atomic E-state index is 12.6. The Kier molecular flexibility index (Phi) is 6.86. The molecule has 0 radical (unpaired) electrons. The molecule has 9 heteroatoms. The van der Waals surface area contributed by atoms with Gasteiger partial charge in [0.05, 0.1) is 11.0 Å². The average Bonchev–Trinajstić information content (AvgIpc) is 3.29. The Hall–Kier alpha value is -3.69. The van der Waals surface area contributed by atoms with Gasteiger partial charge in [0.15, 0.2) is 5.78 Å². The summed E-state index contributed by atoms with van der Waals surface area (Å²) in [6.45, 7) is 10.6. The van der Waals surface area contributed by atoms with E-state index in [0.29, 0.717) is 42.6 Å². The van der Waals surface area contributed by atoms with Crippen molar-refractivity contribution in [2.45, 2.75) is 51.8 Å². The van der Waals surface area contributed by atoms with Crippen molar-refractivity contribution in [2.75, 3.05) is 29.9 Å². The highest BCUT2D eigenvalue weighted by atomic mass is 28.3. The van der Waals surface area contributed by atoms with Crippen molar-refractivity contribution >= 4 is 36.7 Å². The van der Waals surface area contributed by atoms with E-state index in [9.17, 15) is 4.79 Å². The van der Waals surface area contributed by atoms with E-state index in [1.54, 1.807) is 12.3 Å². The zero-order chi connectivity index (χ0) is 27.0. The van der Waals surface area contributed by atoms with Crippen molar-refractivity contribution in [1.82, 2.24) is 14.5 Å². The fourth-order valence-corrected chi connectivity index (χ4v) is 5.97. The van der Waals surface area contributed by atoms with Gasteiger partial charge >= 0.3 is 0 Å². The normalized spacial score (nSPS) is 15.2. The van der Waals surface area contributed by atoms with Crippen molar-refractivity contribution in [1.29, 1.82) is 0 Å². The van der Waals surface area contributed by atoms with E-state index in [1.165, 1.54) is 11.1 Å². The van der Waals surface area contributed by atoms with E-state index in [2.05, 4.69) is 69.7 Å². The molecular formula is C30H35N5O3Si. The topological polar surface area (TPSA) is 81.5 Å². The molecule has 2 aromatic heterocycles. The lowest BCUT2D eigenvalue weighted by Crippen LogP contribution is -2.33. The molecule has 0 aliphatic carbocycles. The molecule has 2 aliphatic rings. The van der Waals surface area contributed by atoms with Gasteiger partial charge in [0.2, 0.25) is 5.95 Å². The summed E-state index contributed by atoms with van der Waals surface area (Å²) >= 11 is 0. The molecule has 202 valence electrons. The number of Topliss-reactive ketones (excluding diaryl/α,β-unsaturated/α-hetero) is 1. The number of imidazole rings is 1. The van der Waals surface area contributed by atoms with Crippen LogP contribution in [0.25, 0.3) is 11.0 Å². The van der Waals surface area contributed by atoms with E-state index in [4.69, 9.17) is 14.5 Å². The third-order valence-corrected chi connectivity index (χ3v) is 9.09. The molecule has 0 saturated heterocycles. The number of ether oxygens (including phenoxy) is 2. The SMILES string of the molecule is C[Si](C)(C)CCOCn1c(N2CCc3ccc(Oc4ccnc5c4C(=O)CCN5)cc3C2)nc2ccccc21. The Morgan fingerprint density at radius 3 is 2.79 bits per heavy atom. The summed E-state index contributed by atoms with van der Waals surface area (Å²) in [4.78, 5) is 24.3. The van der Waals surface area contributed by atoms with E-state index >= 15 is 0 Å². The van der Waals surface area contributed by atoms with Crippen LogP contribution in [-0.4, -0.2) is 48.1 Å². The number of carbonyl (C=O) groups is 1. The quantitative estimate of drug-likeness (QED) is 0.213. The smallest absolute Gasteiger partial charge is 0.208 e. The third-order valence-electron chi connectivity index (χ3n) is 7.39. The molecule has 6 rings (SSSR count). The van der Waals surface area contributed by atoms with E-state index in [0.717, 1.165) is 49.1 Å². The number of ketones is 1. The molecule has 0 amide bonds. The average molecular weight is 542 g/mol. The summed E-state index contributed by atoms with van der Waals surface area (Å²) in [7, 11) is -1.16. The fraction of sp³-hybridized carbons (Fsp3) is 0.367. The van der Waals surface area contributed by atoms with Crippen LogP contribution in [0.2, 0.25) is 25.7 Å². The van der Waals surface area contributed by atoms with E-state index in [1.807, 2.05) is 12.1 Å². The van der Waals surface area contributed by atoms with Crippen LogP contribution in [0, 0.1) is 0 Å². The van der Waals surface area contributed by atoms with Crippen LogP contribution in [0.1, 0.15) is 27.9 Å². The Labute approximate surface area is 230 Å². The molecule has 8 nitrogen and oxygen atoms in total. The summed E-state index contributed by atoms with van der Waals surface area (Å²) in [5, 5.41) is 3.20. The zero-order valence-corrected chi connectivity index (χ0v) is 23.9. The number of pyridine rings is 1. The molecule has 39 heavy (non-hydrogen) atoms. The summed E-state index contributed by atoms with van der Waals surface area (Å²) in [5.41, 5.74) is 5.10. The Morgan fingerprint density at radius 1 is 1.05 bits per heavy atom. The highest BCUT2D eigenvalue weighted by molar-refractivity contribution is 6.76. The lowest BCUT2D eigenvalue weighted by Gasteiger charge is -2.30. The molecule has 0 unspecified atom stereocenters. The van der Waals surface area contributed by atoms with Gasteiger partial charge in [-0.2, -0.15) is 0 Å². The van der Waals surface area contributed by atoms with Crippen molar-refractivity contribution in [3.05, 3.63) is 71.4 Å². The van der Waals surface area contributed by atoms with Crippen LogP contribution >= 0.6 is 0 Å². The van der Waals surface area contributed by atoms with Gasteiger partial charge in [-0.1, -0.05) is 37.8 Å². The van der Waals surface area contributed by atoms with E-state index < -0.39 is 8.07 Å². The minimum absolute atomic E-state index is 0.0574. The number of para-hydroxylation sites is 2. The summed E-state index contributed by atoms with van der Waals surface area (Å²) < 4.78 is 14.6. The molecule has 0 spiro atoms. The number of benzene rings is 2. The van der Waals surface area contributed by atoms with Crippen LogP contribution in [-0.2, 0) is 24.4 Å². The number of aromatic nitrogens is 3. The van der Waals surface area contributed by atoms with Gasteiger partial charge < -0.3 is 19.7 Å². The van der Waals surface area contributed by atoms with Gasteiger partial charge in [-0.3, -0.25) is 9.36 Å². The summed E-state index contributed by atoms with van der Waals surface area (Å²) in [5.74, 6) is 2.84. The number of anilines is 2. The number of hydrogen-bond donors (Lipinski definition) is 1. The number of rotatable bonds is 8. The third kappa shape index (κ3) is 5.42. The van der Waals surface area contributed by atoms with Gasteiger partial charge in [-0.25, -0.2) is 9.97 Å². The summed E-state index contributed by atoms with van der Waals surface area (Å²) in [6.07, 6.45) is 3.04. The molecule has 4 aromatic rings. The molecule has 0 bridgehead atoms. The second-order valence-electron chi connectivity index (χ2n) is 11.5. The largest absolute Gasteiger partial charge is 0.456 e. The maximum Gasteiger partial charge on any atom is 0.208 e. The standard InChI is InChI=1S/C30H35N5O3Si/c1-39(2,3)17-16-37-20-35-25-7-5-4-6-24(25)33-30(35)34-15-12-21-8-9-23(18-22(21)19-34)38-27-11-14-32-29-28(27)26(36)10-13-31-29/h4-9,11,14,18H,10,12-13,15-17,19-20H2,1-3H3,(H,31,32). The molecule has 4 heterocycles. The lowest BCUT2D eigenvalue weighted by atomic mass is 9.99. The number of hydrogen-bond acceptors (Lipinski definition) is 7. The minimum atomic E-state index is -1.16. The second kappa shape index (κ2) is 10.5. The fourth-order valence-electron chi connectivity index (χ4n) is 5.21. The van der Waals surface area contributed by atoms with Gasteiger partial charge in [0.1, 0.15) is 29.6 Å². The number of nitrogens with one attached hydrogen (secondary N) is 1. The first-order valence-corrected chi connectivity index (χ1v) is 17.4. The molecule has 2 aliphatic heterocycles. The van der Waals surface area contributed by atoms with Gasteiger partial charge in [-0.15, -0.1) is 0 Å². The first-order chi connectivity index (χ1) is 18.9. The number of nitrogens with zero attached hydrogens (tertiary/aromatic N) is 4. The molecule has 0 fully saturated rings. The highest BCUT2D eigenvalue weighted by Gasteiger charge is 2.25. The highest BCUT2D eigenvalue weighted by Crippen LogP contribution is 2.35. The Bertz CT molecular complexity index is 1530. The second-order valence-corrected chi connectivity index (χ2v) is 17.1. The van der Waals surface area contributed by atoms with Crippen LogP contribution in [0.5, 0.6) is 11.5 Å². The van der Waals surface area contributed by atoms with Crippen LogP contribution in [0.3, 0.4) is 0 Å². The van der Waals surface area contributed by atoms with Crippen LogP contribution < -0.4 is 15.0 Å². The van der Waals surface area contributed by atoms with Crippen LogP contribution in [0.4, 0.5) is 11.8 Å². The first-order valence-electron chi connectivity index (χ1n) is 13.7. The molecule has 0 atom stereocenters. The zero-order valence-electron chi connectivity index (χ0n) is 22.9. The molecular weight excluding hydrogens is 506 g/mol. The number of carbonyl (C=O) groups excluding carboxylic acids is 1. The van der Waals surface area contributed by atoms with Crippen LogP contribution in [0.15, 0.2) is 54.7 Å². The van der Waals surface area contributed by atoms with Crippen molar-refractivity contribution in [3.63, 3.8) is 0 Å². The first kappa shape index (κ1) is 25.6. The van der Waals surface area contributed by atoms with E-state index in [-0.39, 0.29) is 5.78 Å². The molecule has 1 N–H and O–H groups in total. The van der Waals surface area contributed by atoms with Crippen molar-refractivity contribution < 1.29 is 14.3 Å². The lowest BCUT2D eigenvalue weighted by molar-refractivity contribution is 0.0905. The maximum atomic E-state index is 12.6. The monoisotopic (exact) mass is 541 g/mol. The predicted octanol–water partition coefficient (Wildman–Crippen LogP) is 6.10. The van der Waals surface area contributed by atoms with Gasteiger partial charge in [0.25, 0.3) is 0 Å². The van der Waals surface area contributed by atoms with Gasteiger partial charge in [-0.05, 0) is 47.9 Å². The van der Waals surface area contributed by atoms with Crippen molar-refractivity contribution in [3.8, 4) is 11.5 Å². The molecule has 0 saturated carbocycles. The minimum Gasteiger partial charge on any atom is -0.456 e. The Balaban J connectivity index is 1.25. The number of fused-ring (bicyclic) bond motifs is 3.